The van der Waals surface area contributed by atoms with Gasteiger partial charge in [0.15, 0.2) is 11.5 Å². The molecule has 0 saturated carbocycles. The fourth-order valence-electron chi connectivity index (χ4n) is 2.01. The second-order valence-electron chi connectivity index (χ2n) is 4.35. The second-order valence-corrected chi connectivity index (χ2v) is 4.35. The zero-order valence-electron chi connectivity index (χ0n) is 9.95. The zero-order valence-corrected chi connectivity index (χ0v) is 9.95. The van der Waals surface area contributed by atoms with Crippen LogP contribution in [0.1, 0.15) is 24.5 Å². The van der Waals surface area contributed by atoms with Crippen molar-refractivity contribution >= 4 is 0 Å². The molecule has 1 heterocycles. The van der Waals surface area contributed by atoms with Gasteiger partial charge in [0.05, 0.1) is 0 Å². The molecule has 1 aromatic rings. The quantitative estimate of drug-likeness (QED) is 0.848. The molecule has 3 heteroatoms. The summed E-state index contributed by atoms with van der Waals surface area (Å²) in [6, 6.07) is 4.15. The van der Waals surface area contributed by atoms with Gasteiger partial charge in [-0.2, -0.15) is 0 Å². The fourth-order valence-corrected chi connectivity index (χ4v) is 2.01. The molecule has 0 amide bonds. The van der Waals surface area contributed by atoms with E-state index in [4.69, 9.17) is 15.2 Å². The van der Waals surface area contributed by atoms with Crippen molar-refractivity contribution in [3.8, 4) is 11.5 Å². The van der Waals surface area contributed by atoms with Crippen molar-refractivity contribution in [1.29, 1.82) is 0 Å². The molecular weight excluding hydrogens is 202 g/mol. The van der Waals surface area contributed by atoms with Crippen molar-refractivity contribution in [2.24, 2.45) is 11.7 Å². The van der Waals surface area contributed by atoms with Gasteiger partial charge >= 0.3 is 0 Å². The average molecular weight is 221 g/mol. The van der Waals surface area contributed by atoms with E-state index < -0.39 is 0 Å². The van der Waals surface area contributed by atoms with E-state index in [1.807, 2.05) is 0 Å². The van der Waals surface area contributed by atoms with E-state index >= 15 is 0 Å². The van der Waals surface area contributed by atoms with Gasteiger partial charge in [0.25, 0.3) is 0 Å². The molecule has 0 bridgehead atoms. The lowest BCUT2D eigenvalue weighted by molar-refractivity contribution is 0.174. The maximum absolute atomic E-state index is 5.74. The van der Waals surface area contributed by atoms with Crippen molar-refractivity contribution in [1.82, 2.24) is 0 Å². The van der Waals surface area contributed by atoms with E-state index in [1.165, 1.54) is 11.1 Å². The molecule has 2 N–H and O–H groups in total. The molecule has 1 aliphatic heterocycles. The van der Waals surface area contributed by atoms with E-state index in [2.05, 4.69) is 26.0 Å². The van der Waals surface area contributed by atoms with Crippen molar-refractivity contribution in [2.45, 2.75) is 26.7 Å². The standard InChI is InChI=1S/C13H19NO2/c1-3-10(7-14)5-11-6-13-12(4-9(11)2)15-8-16-13/h4,6,10H,3,5,7-8,14H2,1-2H3. The number of hydrogen-bond acceptors (Lipinski definition) is 3. The first kappa shape index (κ1) is 11.3. The molecule has 0 radical (unpaired) electrons. The number of rotatable bonds is 4. The molecule has 2 rings (SSSR count). The lowest BCUT2D eigenvalue weighted by Gasteiger charge is -2.14. The molecule has 88 valence electrons. The third kappa shape index (κ3) is 2.14. The molecule has 1 aromatic carbocycles. The van der Waals surface area contributed by atoms with E-state index in [9.17, 15) is 0 Å². The van der Waals surface area contributed by atoms with Crippen molar-refractivity contribution in [2.75, 3.05) is 13.3 Å². The summed E-state index contributed by atoms with van der Waals surface area (Å²) in [5, 5.41) is 0. The third-order valence-corrected chi connectivity index (χ3v) is 3.25. The monoisotopic (exact) mass is 221 g/mol. The van der Waals surface area contributed by atoms with Crippen LogP contribution in [-0.4, -0.2) is 13.3 Å². The first-order valence-electron chi connectivity index (χ1n) is 5.83. The van der Waals surface area contributed by atoms with Gasteiger partial charge < -0.3 is 15.2 Å². The van der Waals surface area contributed by atoms with E-state index in [0.717, 1.165) is 30.9 Å². The van der Waals surface area contributed by atoms with Gasteiger partial charge in [-0.25, -0.2) is 0 Å². The Kier molecular flexibility index (Phi) is 3.34. The molecule has 1 atom stereocenters. The van der Waals surface area contributed by atoms with Gasteiger partial charge in [-0.05, 0) is 49.1 Å². The molecule has 0 aromatic heterocycles. The minimum atomic E-state index is 0.340. The Morgan fingerprint density at radius 3 is 2.62 bits per heavy atom. The second kappa shape index (κ2) is 4.74. The number of aryl methyl sites for hydroxylation is 1. The summed E-state index contributed by atoms with van der Waals surface area (Å²) in [5.74, 6) is 2.29. The highest BCUT2D eigenvalue weighted by Gasteiger charge is 2.16. The molecule has 0 saturated heterocycles. The Morgan fingerprint density at radius 1 is 1.31 bits per heavy atom. The first-order valence-corrected chi connectivity index (χ1v) is 5.83. The van der Waals surface area contributed by atoms with Crippen LogP contribution in [-0.2, 0) is 6.42 Å². The predicted octanol–water partition coefficient (Wildman–Crippen LogP) is 2.25. The molecule has 1 aliphatic rings. The van der Waals surface area contributed by atoms with Gasteiger partial charge in [-0.1, -0.05) is 13.3 Å². The minimum absolute atomic E-state index is 0.340. The number of fused-ring (bicyclic) bond motifs is 1. The topological polar surface area (TPSA) is 44.5 Å². The Labute approximate surface area is 96.5 Å². The Balaban J connectivity index is 2.21. The number of ether oxygens (including phenoxy) is 2. The molecule has 0 fully saturated rings. The highest BCUT2D eigenvalue weighted by molar-refractivity contribution is 5.48. The molecule has 3 nitrogen and oxygen atoms in total. The van der Waals surface area contributed by atoms with Gasteiger partial charge in [0.1, 0.15) is 0 Å². The van der Waals surface area contributed by atoms with Crippen molar-refractivity contribution < 1.29 is 9.47 Å². The van der Waals surface area contributed by atoms with Crippen LogP contribution in [0.3, 0.4) is 0 Å². The summed E-state index contributed by atoms with van der Waals surface area (Å²) < 4.78 is 10.7. The highest BCUT2D eigenvalue weighted by Crippen LogP contribution is 2.35. The Morgan fingerprint density at radius 2 is 2.00 bits per heavy atom. The van der Waals surface area contributed by atoms with Crippen molar-refractivity contribution in [3.63, 3.8) is 0 Å². The van der Waals surface area contributed by atoms with Crippen LogP contribution in [0.4, 0.5) is 0 Å². The smallest absolute Gasteiger partial charge is 0.231 e. The summed E-state index contributed by atoms with van der Waals surface area (Å²) >= 11 is 0. The molecule has 0 spiro atoms. The lowest BCUT2D eigenvalue weighted by Crippen LogP contribution is -2.16. The third-order valence-electron chi connectivity index (χ3n) is 3.25. The van der Waals surface area contributed by atoms with Crippen LogP contribution in [0.5, 0.6) is 11.5 Å². The summed E-state index contributed by atoms with van der Waals surface area (Å²) in [7, 11) is 0. The fraction of sp³-hybridized carbons (Fsp3) is 0.538. The summed E-state index contributed by atoms with van der Waals surface area (Å²) in [6.45, 7) is 5.37. The van der Waals surface area contributed by atoms with Gasteiger partial charge in [-0.3, -0.25) is 0 Å². The maximum Gasteiger partial charge on any atom is 0.231 e. The normalized spacial score (nSPS) is 15.2. The average Bonchev–Trinajstić information content (AvgIpc) is 2.72. The molecular formula is C13H19NO2. The van der Waals surface area contributed by atoms with Gasteiger partial charge in [0.2, 0.25) is 6.79 Å². The van der Waals surface area contributed by atoms with Crippen LogP contribution >= 0.6 is 0 Å². The van der Waals surface area contributed by atoms with Crippen LogP contribution in [0, 0.1) is 12.8 Å². The Hall–Kier alpha value is -1.22. The van der Waals surface area contributed by atoms with Crippen molar-refractivity contribution in [3.05, 3.63) is 23.3 Å². The first-order chi connectivity index (χ1) is 7.74. The summed E-state index contributed by atoms with van der Waals surface area (Å²) in [6.07, 6.45) is 2.14. The highest BCUT2D eigenvalue weighted by atomic mass is 16.7. The van der Waals surface area contributed by atoms with E-state index in [1.54, 1.807) is 0 Å². The van der Waals surface area contributed by atoms with Gasteiger partial charge in [-0.15, -0.1) is 0 Å². The van der Waals surface area contributed by atoms with Crippen LogP contribution in [0.25, 0.3) is 0 Å². The maximum atomic E-state index is 5.74. The van der Waals surface area contributed by atoms with Gasteiger partial charge in [0, 0.05) is 0 Å². The summed E-state index contributed by atoms with van der Waals surface area (Å²) in [4.78, 5) is 0. The zero-order chi connectivity index (χ0) is 11.5. The number of nitrogens with two attached hydrogens (primary N) is 1. The largest absolute Gasteiger partial charge is 0.454 e. The van der Waals surface area contributed by atoms with E-state index in [0.29, 0.717) is 12.7 Å². The lowest BCUT2D eigenvalue weighted by atomic mass is 9.94. The predicted molar refractivity (Wildman–Crippen MR) is 63.8 cm³/mol. The Bertz CT molecular complexity index is 372. The summed E-state index contributed by atoms with van der Waals surface area (Å²) in [5.41, 5.74) is 8.32. The number of benzene rings is 1. The number of hydrogen-bond donors (Lipinski definition) is 1. The van der Waals surface area contributed by atoms with Crippen LogP contribution < -0.4 is 15.2 Å². The SMILES string of the molecule is CCC(CN)Cc1cc2c(cc1C)OCO2. The molecule has 16 heavy (non-hydrogen) atoms. The van der Waals surface area contributed by atoms with Crippen LogP contribution in [0.2, 0.25) is 0 Å². The minimum Gasteiger partial charge on any atom is -0.454 e. The molecule has 0 aliphatic carbocycles. The van der Waals surface area contributed by atoms with E-state index in [-0.39, 0.29) is 0 Å². The van der Waals surface area contributed by atoms with Crippen LogP contribution in [0.15, 0.2) is 12.1 Å². The molecule has 1 unspecified atom stereocenters.